The first-order chi connectivity index (χ1) is 31.9. The molecule has 16 atom stereocenters. The van der Waals surface area contributed by atoms with Gasteiger partial charge in [-0.2, -0.15) is 0 Å². The highest BCUT2D eigenvalue weighted by atomic mass is 16.7. The lowest BCUT2D eigenvalue weighted by Gasteiger charge is -2.39. The molecule has 0 bridgehead atoms. The van der Waals surface area contributed by atoms with E-state index in [0.29, 0.717) is 12.8 Å². The summed E-state index contributed by atoms with van der Waals surface area (Å²) in [6.07, 6.45) is -19.9. The van der Waals surface area contributed by atoms with Gasteiger partial charge in [0.05, 0.1) is 57.3 Å². The van der Waals surface area contributed by atoms with Crippen molar-refractivity contribution in [3.63, 3.8) is 0 Å². The van der Waals surface area contributed by atoms with E-state index in [1.807, 2.05) is 18.2 Å². The number of ether oxygens (including phenoxy) is 7. The maximum atomic E-state index is 14.0. The van der Waals surface area contributed by atoms with Crippen molar-refractivity contribution in [3.8, 4) is 0 Å². The number of nitrogens with one attached hydrogen (secondary N) is 4. The van der Waals surface area contributed by atoms with E-state index in [0.717, 1.165) is 5.56 Å². The van der Waals surface area contributed by atoms with E-state index in [1.54, 1.807) is 12.1 Å². The molecule has 0 aliphatic carbocycles. The maximum Gasteiger partial charge on any atom is 0.407 e. The van der Waals surface area contributed by atoms with Crippen molar-refractivity contribution in [2.24, 2.45) is 0 Å². The van der Waals surface area contributed by atoms with E-state index in [9.17, 15) is 65.1 Å². The van der Waals surface area contributed by atoms with E-state index in [4.69, 9.17) is 33.2 Å². The second-order valence-corrected chi connectivity index (χ2v) is 16.6. The van der Waals surface area contributed by atoms with Crippen LogP contribution in [0.3, 0.4) is 0 Å². The number of nitrogens with zero attached hydrogens (tertiary/aromatic N) is 1. The van der Waals surface area contributed by atoms with Gasteiger partial charge in [-0.15, -0.1) is 0 Å². The SMILES string of the molecule is C[C@@H]1O[C@@H](OCCNC(=O)CN(CC(=O)NCCO[C@@H]2O[C@@H](C)[C@@H](O)[C@@H](O)[C@@H]2O)[C@@H](CCCCNC(=O)OCc2ccccc2)C(=O)NCCO[C@@H]2O[C@@H](C)[C@@H](O)[C@@H](O)[C@@H]2O)[C@@H](O)[C@H](O)[C@@H]1O. The fourth-order valence-corrected chi connectivity index (χ4v) is 7.32. The number of rotatable bonds is 25. The predicted octanol–water partition coefficient (Wildman–Crippen LogP) is -5.37. The molecule has 382 valence electrons. The molecule has 3 saturated heterocycles. The summed E-state index contributed by atoms with van der Waals surface area (Å²) < 4.78 is 38.1. The average Bonchev–Trinajstić information content (AvgIpc) is 3.31. The van der Waals surface area contributed by atoms with Crippen molar-refractivity contribution in [1.82, 2.24) is 26.2 Å². The Bertz CT molecular complexity index is 1600. The van der Waals surface area contributed by atoms with E-state index in [-0.39, 0.29) is 59.0 Å². The Morgan fingerprint density at radius 2 is 0.970 bits per heavy atom. The van der Waals surface area contributed by atoms with Crippen molar-refractivity contribution in [2.45, 2.75) is 145 Å². The van der Waals surface area contributed by atoms with Crippen molar-refractivity contribution < 1.29 is 98.3 Å². The van der Waals surface area contributed by atoms with Gasteiger partial charge in [-0.05, 0) is 45.6 Å². The summed E-state index contributed by atoms with van der Waals surface area (Å²) in [4.78, 5) is 54.5. The molecule has 0 unspecified atom stereocenters. The number of hydrogen-bond acceptors (Lipinski definition) is 21. The van der Waals surface area contributed by atoms with Crippen molar-refractivity contribution in [1.29, 1.82) is 0 Å². The van der Waals surface area contributed by atoms with Crippen LogP contribution in [0, 0.1) is 0 Å². The van der Waals surface area contributed by atoms with Gasteiger partial charge in [0.1, 0.15) is 61.5 Å². The van der Waals surface area contributed by atoms with Gasteiger partial charge in [0.2, 0.25) is 17.7 Å². The van der Waals surface area contributed by atoms with E-state index >= 15 is 0 Å². The molecule has 1 aromatic rings. The number of alkyl carbamates (subject to hydrolysis) is 1. The summed E-state index contributed by atoms with van der Waals surface area (Å²) in [5, 5.41) is 102. The predicted molar refractivity (Wildman–Crippen MR) is 228 cm³/mol. The van der Waals surface area contributed by atoms with Crippen LogP contribution in [0.5, 0.6) is 0 Å². The molecular formula is C42H69N5O20. The fourth-order valence-electron chi connectivity index (χ4n) is 7.32. The third kappa shape index (κ3) is 17.3. The van der Waals surface area contributed by atoms with Gasteiger partial charge in [-0.1, -0.05) is 30.3 Å². The monoisotopic (exact) mass is 963 g/mol. The smallest absolute Gasteiger partial charge is 0.407 e. The van der Waals surface area contributed by atoms with Crippen LogP contribution in [0.4, 0.5) is 4.79 Å². The second kappa shape index (κ2) is 28.1. The summed E-state index contributed by atoms with van der Waals surface area (Å²) in [7, 11) is 0. The Hall–Kier alpha value is -3.74. The molecule has 4 rings (SSSR count). The first-order valence-electron chi connectivity index (χ1n) is 22.3. The number of amides is 4. The zero-order valence-corrected chi connectivity index (χ0v) is 37.8. The summed E-state index contributed by atoms with van der Waals surface area (Å²) in [6, 6.07) is 7.89. The highest BCUT2D eigenvalue weighted by molar-refractivity contribution is 5.86. The van der Waals surface area contributed by atoms with Crippen molar-refractivity contribution in [2.75, 3.05) is 59.1 Å². The molecular weight excluding hydrogens is 894 g/mol. The molecule has 3 fully saturated rings. The zero-order valence-electron chi connectivity index (χ0n) is 37.8. The third-order valence-corrected chi connectivity index (χ3v) is 11.3. The van der Waals surface area contributed by atoms with Crippen LogP contribution in [0.25, 0.3) is 0 Å². The summed E-state index contributed by atoms with van der Waals surface area (Å²) in [6.45, 7) is 2.50. The molecule has 0 radical (unpaired) electrons. The molecule has 4 amide bonds. The van der Waals surface area contributed by atoms with Crippen LogP contribution in [0.1, 0.15) is 45.6 Å². The minimum absolute atomic E-state index is 0.0505. The van der Waals surface area contributed by atoms with Crippen molar-refractivity contribution in [3.05, 3.63) is 35.9 Å². The quantitative estimate of drug-likeness (QED) is 0.0407. The molecule has 25 nitrogen and oxygen atoms in total. The van der Waals surface area contributed by atoms with Gasteiger partial charge in [-0.3, -0.25) is 19.3 Å². The van der Waals surface area contributed by atoms with Crippen LogP contribution < -0.4 is 21.3 Å². The number of aliphatic hydroxyl groups is 9. The van der Waals surface area contributed by atoms with E-state index < -0.39 is 135 Å². The number of carbonyl (C=O) groups is 4. The summed E-state index contributed by atoms with van der Waals surface area (Å²) >= 11 is 0. The maximum absolute atomic E-state index is 14.0. The van der Waals surface area contributed by atoms with Gasteiger partial charge in [0.15, 0.2) is 18.9 Å². The zero-order chi connectivity index (χ0) is 49.2. The van der Waals surface area contributed by atoms with Crippen LogP contribution in [0.2, 0.25) is 0 Å². The van der Waals surface area contributed by atoms with Crippen LogP contribution in [0.15, 0.2) is 30.3 Å². The van der Waals surface area contributed by atoms with Gasteiger partial charge in [0.25, 0.3) is 0 Å². The minimum Gasteiger partial charge on any atom is -0.445 e. The lowest BCUT2D eigenvalue weighted by Crippen LogP contribution is -2.58. The van der Waals surface area contributed by atoms with Crippen LogP contribution in [-0.2, 0) is 54.1 Å². The number of unbranched alkanes of at least 4 members (excludes halogenated alkanes) is 1. The first kappa shape index (κ1) is 55.9. The Labute approximate surface area is 387 Å². The molecule has 13 N–H and O–H groups in total. The number of carbonyl (C=O) groups excluding carboxylic acids is 4. The first-order valence-corrected chi connectivity index (χ1v) is 22.3. The molecule has 3 heterocycles. The summed E-state index contributed by atoms with van der Waals surface area (Å²) in [5.74, 6) is -1.96. The highest BCUT2D eigenvalue weighted by Crippen LogP contribution is 2.24. The Morgan fingerprint density at radius 3 is 1.40 bits per heavy atom. The second-order valence-electron chi connectivity index (χ2n) is 16.6. The van der Waals surface area contributed by atoms with Gasteiger partial charge < -0.3 is 100 Å². The van der Waals surface area contributed by atoms with Crippen LogP contribution in [-0.4, -0.2) is 232 Å². The molecule has 1 aromatic carbocycles. The van der Waals surface area contributed by atoms with Crippen LogP contribution >= 0.6 is 0 Å². The molecule has 0 saturated carbocycles. The molecule has 25 heteroatoms. The number of benzene rings is 1. The van der Waals surface area contributed by atoms with Gasteiger partial charge >= 0.3 is 6.09 Å². The topological polar surface area (TPSA) is 366 Å². The molecule has 3 aliphatic heterocycles. The Balaban J connectivity index is 1.40. The molecule has 3 aliphatic rings. The van der Waals surface area contributed by atoms with Gasteiger partial charge in [-0.25, -0.2) is 4.79 Å². The highest BCUT2D eigenvalue weighted by Gasteiger charge is 2.44. The normalized spacial score (nSPS) is 32.5. The standard InChI is InChI=1S/C42H69N5O20/c1-22-29(50)32(53)35(56)39(65-22)61-16-13-43-27(48)19-47(20-28(49)44-14-17-62-40-36(57)33(54)30(51)23(2)66-40)26(11-7-8-12-46-42(60)64-21-25-9-5-4-6-10-25)38(59)45-15-18-63-41-37(58)34(55)31(52)24(3)67-41/h4-6,9-10,22-24,26,29-37,39-41,50-58H,7-8,11-21H2,1-3H3,(H,43,48)(H,44,49)(H,45,59)(H,46,60)/t22-,23-,24-,26-,29+,30+,31+,32+,33+,34+,35-,36-,37-,39+,40+,41+/m0/s1. The minimum atomic E-state index is -1.59. The molecule has 67 heavy (non-hydrogen) atoms. The fraction of sp³-hybridized carbons (Fsp3) is 0.762. The average molecular weight is 964 g/mol. The van der Waals surface area contributed by atoms with E-state index in [2.05, 4.69) is 21.3 Å². The third-order valence-electron chi connectivity index (χ3n) is 11.3. The molecule has 0 spiro atoms. The Kier molecular flexibility index (Phi) is 23.4. The van der Waals surface area contributed by atoms with Gasteiger partial charge in [0, 0.05) is 26.2 Å². The van der Waals surface area contributed by atoms with E-state index in [1.165, 1.54) is 25.7 Å². The summed E-state index contributed by atoms with van der Waals surface area (Å²) in [5.41, 5.74) is 0.790. The largest absolute Gasteiger partial charge is 0.445 e. The lowest BCUT2D eigenvalue weighted by atomic mass is 10.0. The molecule has 0 aromatic heterocycles. The number of hydrogen-bond donors (Lipinski definition) is 13. The van der Waals surface area contributed by atoms with Crippen molar-refractivity contribution >= 4 is 23.8 Å². The lowest BCUT2D eigenvalue weighted by molar-refractivity contribution is -0.292. The Morgan fingerprint density at radius 1 is 0.552 bits per heavy atom. The number of aliphatic hydroxyl groups excluding tert-OH is 9.